The molecule has 8 heteroatoms. The van der Waals surface area contributed by atoms with E-state index in [1.54, 1.807) is 7.05 Å². The van der Waals surface area contributed by atoms with Gasteiger partial charge in [-0.3, -0.25) is 4.79 Å². The van der Waals surface area contributed by atoms with E-state index in [1.807, 2.05) is 12.3 Å². The van der Waals surface area contributed by atoms with Gasteiger partial charge in [0.05, 0.1) is 17.2 Å². The molecule has 0 aliphatic carbocycles. The van der Waals surface area contributed by atoms with Crippen LogP contribution in [0.15, 0.2) is 10.8 Å². The minimum atomic E-state index is -1.13. The second kappa shape index (κ2) is 5.45. The third-order valence-corrected chi connectivity index (χ3v) is 3.97. The molecule has 6 nitrogen and oxygen atoms in total. The van der Waals surface area contributed by atoms with E-state index in [2.05, 4.69) is 9.97 Å². The van der Waals surface area contributed by atoms with Gasteiger partial charge in [-0.05, 0) is 6.92 Å². The lowest BCUT2D eigenvalue weighted by molar-refractivity contribution is 0.0691. The molecular weight excluding hydrogens is 286 g/mol. The highest BCUT2D eigenvalue weighted by Gasteiger charge is 2.18. The summed E-state index contributed by atoms with van der Waals surface area (Å²) in [5.41, 5.74) is 0.708. The summed E-state index contributed by atoms with van der Waals surface area (Å²) >= 11 is 2.55. The molecule has 0 radical (unpaired) electrons. The molecule has 19 heavy (non-hydrogen) atoms. The number of carbonyl (C=O) groups excluding carboxylic acids is 1. The first-order valence-electron chi connectivity index (χ1n) is 5.32. The number of carboxylic acids is 1. The predicted molar refractivity (Wildman–Crippen MR) is 71.7 cm³/mol. The number of rotatable bonds is 4. The summed E-state index contributed by atoms with van der Waals surface area (Å²) in [5.74, 6) is -1.43. The van der Waals surface area contributed by atoms with Crippen molar-refractivity contribution in [2.75, 3.05) is 7.05 Å². The lowest BCUT2D eigenvalue weighted by atomic mass is 10.4. The summed E-state index contributed by atoms with van der Waals surface area (Å²) in [4.78, 5) is 32.3. The van der Waals surface area contributed by atoms with E-state index in [1.165, 1.54) is 21.6 Å². The summed E-state index contributed by atoms with van der Waals surface area (Å²) in [5, 5.41) is 13.1. The smallest absolute Gasteiger partial charge is 0.355 e. The van der Waals surface area contributed by atoms with Crippen LogP contribution >= 0.6 is 22.7 Å². The van der Waals surface area contributed by atoms with Gasteiger partial charge in [0.1, 0.15) is 0 Å². The summed E-state index contributed by atoms with van der Waals surface area (Å²) < 4.78 is 0. The number of carboxylic acid groups (broad SMARTS) is 1. The van der Waals surface area contributed by atoms with Crippen molar-refractivity contribution in [2.24, 2.45) is 0 Å². The van der Waals surface area contributed by atoms with Gasteiger partial charge >= 0.3 is 5.97 Å². The first-order valence-corrected chi connectivity index (χ1v) is 7.08. The minimum absolute atomic E-state index is 0.105. The van der Waals surface area contributed by atoms with Crippen LogP contribution in [0.3, 0.4) is 0 Å². The van der Waals surface area contributed by atoms with Crippen LogP contribution in [0.1, 0.15) is 31.0 Å². The third kappa shape index (κ3) is 3.15. The minimum Gasteiger partial charge on any atom is -0.476 e. The van der Waals surface area contributed by atoms with Gasteiger partial charge in [-0.15, -0.1) is 22.7 Å². The van der Waals surface area contributed by atoms with Crippen molar-refractivity contribution in [3.63, 3.8) is 0 Å². The van der Waals surface area contributed by atoms with E-state index < -0.39 is 5.97 Å². The lowest BCUT2D eigenvalue weighted by Gasteiger charge is -2.13. The monoisotopic (exact) mass is 297 g/mol. The standard InChI is InChI=1S/C11H11N3O3S2/c1-6-12-7(4-18-6)3-14(2)10(15)9-13-8(5-19-9)11(16)17/h4-5H,3H2,1-2H3,(H,16,17). The Morgan fingerprint density at radius 3 is 2.58 bits per heavy atom. The molecule has 100 valence electrons. The van der Waals surface area contributed by atoms with Crippen LogP contribution in [0.4, 0.5) is 0 Å². The molecule has 1 amide bonds. The second-order valence-corrected chi connectivity index (χ2v) is 5.78. The van der Waals surface area contributed by atoms with Crippen LogP contribution in [0.5, 0.6) is 0 Å². The van der Waals surface area contributed by atoms with E-state index in [-0.39, 0.29) is 16.6 Å². The zero-order valence-electron chi connectivity index (χ0n) is 10.3. The second-order valence-electron chi connectivity index (χ2n) is 3.86. The number of amides is 1. The van der Waals surface area contributed by atoms with Crippen molar-refractivity contribution in [1.29, 1.82) is 0 Å². The molecule has 0 spiro atoms. The number of thiazole rings is 2. The van der Waals surface area contributed by atoms with Crippen LogP contribution in [-0.2, 0) is 6.54 Å². The Kier molecular flexibility index (Phi) is 3.91. The van der Waals surface area contributed by atoms with E-state index >= 15 is 0 Å². The number of hydrogen-bond donors (Lipinski definition) is 1. The Bertz CT molecular complexity index is 620. The lowest BCUT2D eigenvalue weighted by Crippen LogP contribution is -2.26. The highest BCUT2D eigenvalue weighted by molar-refractivity contribution is 7.11. The Labute approximate surface area is 117 Å². The van der Waals surface area contributed by atoms with Gasteiger partial charge in [0.25, 0.3) is 5.91 Å². The average molecular weight is 297 g/mol. The molecule has 0 saturated carbocycles. The molecule has 2 aromatic rings. The SMILES string of the molecule is Cc1nc(CN(C)C(=O)c2nc(C(=O)O)cs2)cs1. The molecule has 1 N–H and O–H groups in total. The van der Waals surface area contributed by atoms with Crippen molar-refractivity contribution in [3.8, 4) is 0 Å². The first kappa shape index (κ1) is 13.6. The van der Waals surface area contributed by atoms with Crippen LogP contribution in [0.2, 0.25) is 0 Å². The molecule has 0 bridgehead atoms. The molecule has 0 aliphatic rings. The number of aromatic carboxylic acids is 1. The maximum Gasteiger partial charge on any atom is 0.355 e. The van der Waals surface area contributed by atoms with Gasteiger partial charge in [-0.1, -0.05) is 0 Å². The molecular formula is C11H11N3O3S2. The first-order chi connectivity index (χ1) is 8.97. The molecule has 2 rings (SSSR count). The zero-order chi connectivity index (χ0) is 14.0. The maximum atomic E-state index is 12.0. The molecule has 0 atom stereocenters. The molecule has 0 unspecified atom stereocenters. The van der Waals surface area contributed by atoms with Gasteiger partial charge in [-0.25, -0.2) is 14.8 Å². The highest BCUT2D eigenvalue weighted by atomic mass is 32.1. The number of aromatic nitrogens is 2. The van der Waals surface area contributed by atoms with Gasteiger partial charge in [0, 0.05) is 17.8 Å². The highest BCUT2D eigenvalue weighted by Crippen LogP contribution is 2.15. The number of aryl methyl sites for hydroxylation is 1. The Balaban J connectivity index is 2.07. The van der Waals surface area contributed by atoms with E-state index in [4.69, 9.17) is 5.11 Å². The largest absolute Gasteiger partial charge is 0.476 e. The van der Waals surface area contributed by atoms with E-state index in [0.29, 0.717) is 6.54 Å². The number of nitrogens with zero attached hydrogens (tertiary/aromatic N) is 3. The van der Waals surface area contributed by atoms with Gasteiger partial charge in [0.15, 0.2) is 10.7 Å². The topological polar surface area (TPSA) is 83.4 Å². The van der Waals surface area contributed by atoms with Crippen molar-refractivity contribution < 1.29 is 14.7 Å². The van der Waals surface area contributed by atoms with Crippen LogP contribution in [0, 0.1) is 6.92 Å². The Morgan fingerprint density at radius 2 is 2.05 bits per heavy atom. The van der Waals surface area contributed by atoms with Crippen LogP contribution in [-0.4, -0.2) is 38.9 Å². The molecule has 0 aromatic carbocycles. The zero-order valence-corrected chi connectivity index (χ0v) is 11.9. The van der Waals surface area contributed by atoms with Gasteiger partial charge < -0.3 is 10.0 Å². The quantitative estimate of drug-likeness (QED) is 0.931. The molecule has 0 fully saturated rings. The van der Waals surface area contributed by atoms with Crippen LogP contribution < -0.4 is 0 Å². The molecule has 0 saturated heterocycles. The third-order valence-electron chi connectivity index (χ3n) is 2.32. The average Bonchev–Trinajstić information content (AvgIpc) is 2.97. The maximum absolute atomic E-state index is 12.0. The van der Waals surface area contributed by atoms with Crippen molar-refractivity contribution in [3.05, 3.63) is 32.2 Å². The number of carbonyl (C=O) groups is 2. The fraction of sp³-hybridized carbons (Fsp3) is 0.273. The Hall–Kier alpha value is -1.80. The molecule has 2 aromatic heterocycles. The molecule has 0 aliphatic heterocycles. The van der Waals surface area contributed by atoms with Crippen molar-refractivity contribution in [2.45, 2.75) is 13.5 Å². The van der Waals surface area contributed by atoms with Gasteiger partial charge in [0.2, 0.25) is 0 Å². The molecule has 2 heterocycles. The Morgan fingerprint density at radius 1 is 1.32 bits per heavy atom. The van der Waals surface area contributed by atoms with Gasteiger partial charge in [-0.2, -0.15) is 0 Å². The fourth-order valence-electron chi connectivity index (χ4n) is 1.43. The van der Waals surface area contributed by atoms with Crippen molar-refractivity contribution >= 4 is 34.6 Å². The summed E-state index contributed by atoms with van der Waals surface area (Å²) in [7, 11) is 1.64. The van der Waals surface area contributed by atoms with E-state index in [9.17, 15) is 9.59 Å². The predicted octanol–water partition coefficient (Wildman–Crippen LogP) is 1.88. The van der Waals surface area contributed by atoms with Crippen molar-refractivity contribution in [1.82, 2.24) is 14.9 Å². The number of hydrogen-bond acceptors (Lipinski definition) is 6. The summed E-state index contributed by atoms with van der Waals surface area (Å²) in [6.45, 7) is 2.28. The normalized spacial score (nSPS) is 10.4. The fourth-order valence-corrected chi connectivity index (χ4v) is 2.82. The van der Waals surface area contributed by atoms with E-state index in [0.717, 1.165) is 22.0 Å². The van der Waals surface area contributed by atoms with Crippen LogP contribution in [0.25, 0.3) is 0 Å². The summed E-state index contributed by atoms with van der Waals surface area (Å²) in [6.07, 6.45) is 0. The summed E-state index contributed by atoms with van der Waals surface area (Å²) in [6, 6.07) is 0.